The standard InChI is InChI=1S/C30H32N4O2S/c1-2-3-4-9-19-35-24-14-16-25(17-15-24)36-20-18-34-22-23(26-10-5-7-12-28(26)34)21-31-33-30-32-27-11-6-8-13-29(27)37-30/h5-8,10-17,21-22H,2-4,9,18-20H2,1H3,(H,32,33)/b31-21+. The summed E-state index contributed by atoms with van der Waals surface area (Å²) in [6, 6.07) is 24.3. The number of nitrogens with one attached hydrogen (secondary N) is 1. The van der Waals surface area contributed by atoms with Crippen molar-refractivity contribution in [2.45, 2.75) is 39.2 Å². The first kappa shape index (κ1) is 24.8. The highest BCUT2D eigenvalue weighted by Gasteiger charge is 2.07. The molecule has 3 aromatic carbocycles. The third-order valence-corrected chi connectivity index (χ3v) is 7.11. The van der Waals surface area contributed by atoms with Gasteiger partial charge in [0, 0.05) is 22.7 Å². The molecule has 0 atom stereocenters. The molecule has 0 aliphatic heterocycles. The second-order valence-electron chi connectivity index (χ2n) is 8.88. The Labute approximate surface area is 221 Å². The minimum Gasteiger partial charge on any atom is -0.494 e. The van der Waals surface area contributed by atoms with Gasteiger partial charge in [0.05, 0.1) is 29.6 Å². The van der Waals surface area contributed by atoms with Gasteiger partial charge in [-0.05, 0) is 48.9 Å². The number of para-hydroxylation sites is 2. The molecular weight excluding hydrogens is 480 g/mol. The lowest BCUT2D eigenvalue weighted by molar-refractivity contribution is 0.294. The highest BCUT2D eigenvalue weighted by Crippen LogP contribution is 2.26. The molecule has 0 amide bonds. The molecule has 2 heterocycles. The largest absolute Gasteiger partial charge is 0.494 e. The Bertz CT molecular complexity index is 1420. The van der Waals surface area contributed by atoms with Crippen LogP contribution in [0.2, 0.25) is 0 Å². The van der Waals surface area contributed by atoms with E-state index in [1.54, 1.807) is 11.3 Å². The van der Waals surface area contributed by atoms with Crippen LogP contribution < -0.4 is 14.9 Å². The average molecular weight is 513 g/mol. The van der Waals surface area contributed by atoms with Crippen molar-refractivity contribution in [1.29, 1.82) is 0 Å². The Hall–Kier alpha value is -3.84. The number of thiazole rings is 1. The number of hydrazone groups is 1. The molecule has 0 aliphatic rings. The van der Waals surface area contributed by atoms with Gasteiger partial charge < -0.3 is 14.0 Å². The smallest absolute Gasteiger partial charge is 0.204 e. The number of rotatable bonds is 13. The molecule has 0 fully saturated rings. The third-order valence-electron chi connectivity index (χ3n) is 6.17. The molecule has 0 aliphatic carbocycles. The van der Waals surface area contributed by atoms with Crippen LogP contribution >= 0.6 is 11.3 Å². The Morgan fingerprint density at radius 3 is 2.46 bits per heavy atom. The second kappa shape index (κ2) is 12.4. The van der Waals surface area contributed by atoms with Crippen LogP contribution in [0.4, 0.5) is 5.13 Å². The van der Waals surface area contributed by atoms with Gasteiger partial charge in [0.25, 0.3) is 0 Å². The molecule has 37 heavy (non-hydrogen) atoms. The number of unbranched alkanes of at least 4 members (excludes halogenated alkanes) is 3. The predicted molar refractivity (Wildman–Crippen MR) is 154 cm³/mol. The molecule has 5 rings (SSSR count). The summed E-state index contributed by atoms with van der Waals surface area (Å²) in [5.74, 6) is 1.74. The molecule has 190 valence electrons. The van der Waals surface area contributed by atoms with Crippen molar-refractivity contribution in [1.82, 2.24) is 9.55 Å². The Balaban J connectivity index is 1.17. The number of hydrogen-bond donors (Lipinski definition) is 1. The van der Waals surface area contributed by atoms with E-state index >= 15 is 0 Å². The summed E-state index contributed by atoms with van der Waals surface area (Å²) in [6.07, 6.45) is 8.80. The number of nitrogens with zero attached hydrogens (tertiary/aromatic N) is 3. The highest BCUT2D eigenvalue weighted by atomic mass is 32.1. The van der Waals surface area contributed by atoms with E-state index in [4.69, 9.17) is 9.47 Å². The summed E-state index contributed by atoms with van der Waals surface area (Å²) in [4.78, 5) is 4.58. The van der Waals surface area contributed by atoms with E-state index in [0.717, 1.165) is 62.9 Å². The predicted octanol–water partition coefficient (Wildman–Crippen LogP) is 7.74. The van der Waals surface area contributed by atoms with Gasteiger partial charge in [-0.25, -0.2) is 4.98 Å². The third kappa shape index (κ3) is 6.49. The molecule has 0 spiro atoms. The van der Waals surface area contributed by atoms with Gasteiger partial charge in [0.1, 0.15) is 18.1 Å². The molecule has 0 unspecified atom stereocenters. The van der Waals surface area contributed by atoms with E-state index in [-0.39, 0.29) is 0 Å². The zero-order chi connectivity index (χ0) is 25.3. The summed E-state index contributed by atoms with van der Waals surface area (Å²) in [7, 11) is 0. The van der Waals surface area contributed by atoms with Crippen LogP contribution in [0.25, 0.3) is 21.1 Å². The fourth-order valence-electron chi connectivity index (χ4n) is 4.25. The van der Waals surface area contributed by atoms with Crippen molar-refractivity contribution in [2.24, 2.45) is 5.10 Å². The zero-order valence-electron chi connectivity index (χ0n) is 21.1. The van der Waals surface area contributed by atoms with E-state index in [2.05, 4.69) is 63.5 Å². The maximum Gasteiger partial charge on any atom is 0.204 e. The lowest BCUT2D eigenvalue weighted by Crippen LogP contribution is -2.07. The van der Waals surface area contributed by atoms with Gasteiger partial charge in [-0.1, -0.05) is 67.9 Å². The van der Waals surface area contributed by atoms with Crippen LogP contribution in [0.1, 0.15) is 38.2 Å². The molecular formula is C30H32N4O2S. The van der Waals surface area contributed by atoms with Crippen molar-refractivity contribution in [3.8, 4) is 11.5 Å². The van der Waals surface area contributed by atoms with Crippen LogP contribution in [-0.4, -0.2) is 29.0 Å². The lowest BCUT2D eigenvalue weighted by Gasteiger charge is -2.10. The van der Waals surface area contributed by atoms with E-state index in [1.807, 2.05) is 48.7 Å². The van der Waals surface area contributed by atoms with E-state index in [1.165, 1.54) is 19.3 Å². The minimum absolute atomic E-state index is 0.566. The van der Waals surface area contributed by atoms with Crippen molar-refractivity contribution < 1.29 is 9.47 Å². The van der Waals surface area contributed by atoms with Gasteiger partial charge in [0.2, 0.25) is 5.13 Å². The Morgan fingerprint density at radius 1 is 0.892 bits per heavy atom. The quantitative estimate of drug-likeness (QED) is 0.0996. The van der Waals surface area contributed by atoms with Gasteiger partial charge >= 0.3 is 0 Å². The summed E-state index contributed by atoms with van der Waals surface area (Å²) in [5.41, 5.74) is 6.26. The van der Waals surface area contributed by atoms with Crippen LogP contribution in [0.15, 0.2) is 84.1 Å². The summed E-state index contributed by atoms with van der Waals surface area (Å²) in [6.45, 7) is 4.28. The Kier molecular flexibility index (Phi) is 8.33. The average Bonchev–Trinajstić information content (AvgIpc) is 3.51. The number of fused-ring (bicyclic) bond motifs is 2. The minimum atomic E-state index is 0.566. The van der Waals surface area contributed by atoms with Gasteiger partial charge in [-0.2, -0.15) is 5.10 Å². The highest BCUT2D eigenvalue weighted by molar-refractivity contribution is 7.22. The molecule has 7 heteroatoms. The maximum atomic E-state index is 6.02. The van der Waals surface area contributed by atoms with E-state index in [9.17, 15) is 0 Å². The second-order valence-corrected chi connectivity index (χ2v) is 9.91. The first-order valence-corrected chi connectivity index (χ1v) is 13.7. The molecule has 0 saturated carbocycles. The first-order valence-electron chi connectivity index (χ1n) is 12.9. The zero-order valence-corrected chi connectivity index (χ0v) is 21.9. The van der Waals surface area contributed by atoms with Crippen molar-refractivity contribution in [2.75, 3.05) is 18.6 Å². The van der Waals surface area contributed by atoms with E-state index in [0.29, 0.717) is 6.61 Å². The fourth-order valence-corrected chi connectivity index (χ4v) is 5.07. The lowest BCUT2D eigenvalue weighted by atomic mass is 10.2. The number of anilines is 1. The monoisotopic (exact) mass is 512 g/mol. The summed E-state index contributed by atoms with van der Waals surface area (Å²) < 4.78 is 15.2. The van der Waals surface area contributed by atoms with Crippen LogP contribution in [0.3, 0.4) is 0 Å². The molecule has 0 saturated heterocycles. The van der Waals surface area contributed by atoms with Crippen LogP contribution in [-0.2, 0) is 6.54 Å². The van der Waals surface area contributed by atoms with Crippen LogP contribution in [0, 0.1) is 0 Å². The number of ether oxygens (including phenoxy) is 2. The molecule has 5 aromatic rings. The molecule has 6 nitrogen and oxygen atoms in total. The van der Waals surface area contributed by atoms with Crippen molar-refractivity contribution >= 4 is 43.8 Å². The SMILES string of the molecule is CCCCCCOc1ccc(OCCn2cc(/C=N/Nc3nc4ccccc4s3)c3ccccc32)cc1. The van der Waals surface area contributed by atoms with E-state index < -0.39 is 0 Å². The number of benzene rings is 3. The fraction of sp³-hybridized carbons (Fsp3) is 0.267. The molecule has 0 bridgehead atoms. The Morgan fingerprint density at radius 2 is 1.65 bits per heavy atom. The number of hydrogen-bond acceptors (Lipinski definition) is 6. The van der Waals surface area contributed by atoms with Crippen LogP contribution in [0.5, 0.6) is 11.5 Å². The first-order chi connectivity index (χ1) is 18.3. The summed E-state index contributed by atoms with van der Waals surface area (Å²) >= 11 is 1.59. The van der Waals surface area contributed by atoms with Crippen molar-refractivity contribution in [3.63, 3.8) is 0 Å². The molecule has 2 aromatic heterocycles. The molecule has 0 radical (unpaired) electrons. The van der Waals surface area contributed by atoms with Gasteiger partial charge in [0.15, 0.2) is 0 Å². The van der Waals surface area contributed by atoms with Crippen molar-refractivity contribution in [3.05, 3.63) is 84.6 Å². The topological polar surface area (TPSA) is 60.7 Å². The summed E-state index contributed by atoms with van der Waals surface area (Å²) in [5, 5.41) is 6.39. The normalized spacial score (nSPS) is 11.5. The molecule has 1 N–H and O–H groups in total. The number of aromatic nitrogens is 2. The van der Waals surface area contributed by atoms with Gasteiger partial charge in [-0.15, -0.1) is 0 Å². The van der Waals surface area contributed by atoms with Gasteiger partial charge in [-0.3, -0.25) is 5.43 Å². The maximum absolute atomic E-state index is 6.02.